The fourth-order valence-corrected chi connectivity index (χ4v) is 0.701. The van der Waals surface area contributed by atoms with Gasteiger partial charge in [-0.3, -0.25) is 4.79 Å². The lowest BCUT2D eigenvalue weighted by atomic mass is 10.2. The molecule has 66 valence electrons. The molecule has 0 bridgehead atoms. The van der Waals surface area contributed by atoms with Gasteiger partial charge >= 0.3 is 0 Å². The van der Waals surface area contributed by atoms with Gasteiger partial charge in [-0.15, -0.1) is 0 Å². The summed E-state index contributed by atoms with van der Waals surface area (Å²) in [4.78, 5) is 11.1. The fraction of sp³-hybridized carbons (Fsp3) is 0.857. The SMILES string of the molecule is CCC(C)NC(=O)[C@@H](N)CS. The van der Waals surface area contributed by atoms with E-state index in [-0.39, 0.29) is 11.9 Å². The Morgan fingerprint density at radius 2 is 2.27 bits per heavy atom. The highest BCUT2D eigenvalue weighted by Crippen LogP contribution is 1.90. The first-order chi connectivity index (χ1) is 5.11. The van der Waals surface area contributed by atoms with Crippen molar-refractivity contribution in [2.24, 2.45) is 5.73 Å². The fourth-order valence-electron chi connectivity index (χ4n) is 0.535. The lowest BCUT2D eigenvalue weighted by Crippen LogP contribution is -2.45. The minimum Gasteiger partial charge on any atom is -0.352 e. The molecule has 1 unspecified atom stereocenters. The van der Waals surface area contributed by atoms with E-state index in [9.17, 15) is 4.79 Å². The first-order valence-corrected chi connectivity index (χ1v) is 4.41. The average Bonchev–Trinajstić information content (AvgIpc) is 2.02. The molecule has 0 aromatic carbocycles. The molecule has 4 heteroatoms. The Morgan fingerprint density at radius 1 is 1.73 bits per heavy atom. The summed E-state index contributed by atoms with van der Waals surface area (Å²) >= 11 is 3.92. The standard InChI is InChI=1S/C7H16N2OS/c1-3-5(2)9-7(10)6(8)4-11/h5-6,11H,3-4,8H2,1-2H3,(H,9,10)/t5?,6-/m0/s1. The number of thiol groups is 1. The van der Waals surface area contributed by atoms with Crippen LogP contribution in [-0.2, 0) is 4.79 Å². The predicted octanol–water partition coefficient (Wildman–Crippen LogP) is 0.158. The van der Waals surface area contributed by atoms with Gasteiger partial charge in [-0.25, -0.2) is 0 Å². The number of carbonyl (C=O) groups is 1. The number of carbonyl (C=O) groups excluding carboxylic acids is 1. The molecule has 3 N–H and O–H groups in total. The Kier molecular flexibility index (Phi) is 5.32. The molecule has 0 aliphatic heterocycles. The topological polar surface area (TPSA) is 55.1 Å². The van der Waals surface area contributed by atoms with Crippen LogP contribution in [0.5, 0.6) is 0 Å². The number of hydrogen-bond acceptors (Lipinski definition) is 3. The summed E-state index contributed by atoms with van der Waals surface area (Å²) in [5.41, 5.74) is 5.43. The van der Waals surface area contributed by atoms with E-state index in [1.807, 2.05) is 13.8 Å². The zero-order valence-corrected chi connectivity index (χ0v) is 7.90. The third-order valence-corrected chi connectivity index (χ3v) is 1.93. The summed E-state index contributed by atoms with van der Waals surface area (Å²) < 4.78 is 0. The van der Waals surface area contributed by atoms with Crippen molar-refractivity contribution in [1.82, 2.24) is 5.32 Å². The molecule has 0 aromatic heterocycles. The van der Waals surface area contributed by atoms with Crippen molar-refractivity contribution in [3.8, 4) is 0 Å². The Labute approximate surface area is 73.1 Å². The van der Waals surface area contributed by atoms with E-state index in [2.05, 4.69) is 17.9 Å². The Bertz CT molecular complexity index is 130. The zero-order chi connectivity index (χ0) is 8.85. The third kappa shape index (κ3) is 4.27. The molecule has 0 aromatic rings. The van der Waals surface area contributed by atoms with Gasteiger partial charge in [0, 0.05) is 11.8 Å². The second-order valence-electron chi connectivity index (χ2n) is 2.61. The van der Waals surface area contributed by atoms with Gasteiger partial charge in [0.05, 0.1) is 6.04 Å². The number of nitrogens with two attached hydrogens (primary N) is 1. The molecule has 0 aliphatic carbocycles. The third-order valence-electron chi connectivity index (χ3n) is 1.53. The molecule has 2 atom stereocenters. The van der Waals surface area contributed by atoms with Crippen LogP contribution in [0.15, 0.2) is 0 Å². The highest BCUT2D eigenvalue weighted by atomic mass is 32.1. The monoisotopic (exact) mass is 176 g/mol. The van der Waals surface area contributed by atoms with Crippen LogP contribution in [0.25, 0.3) is 0 Å². The molecule has 0 rings (SSSR count). The van der Waals surface area contributed by atoms with Gasteiger partial charge < -0.3 is 11.1 Å². The van der Waals surface area contributed by atoms with E-state index in [1.165, 1.54) is 0 Å². The summed E-state index contributed by atoms with van der Waals surface area (Å²) in [6.07, 6.45) is 0.922. The Morgan fingerprint density at radius 3 is 2.64 bits per heavy atom. The summed E-state index contributed by atoms with van der Waals surface area (Å²) in [6, 6.07) is -0.277. The summed E-state index contributed by atoms with van der Waals surface area (Å²) in [5, 5.41) is 2.77. The second-order valence-corrected chi connectivity index (χ2v) is 2.97. The molecule has 0 saturated carbocycles. The number of nitrogens with one attached hydrogen (secondary N) is 1. The molecular weight excluding hydrogens is 160 g/mol. The molecule has 1 amide bonds. The lowest BCUT2D eigenvalue weighted by molar-refractivity contribution is -0.122. The molecule has 11 heavy (non-hydrogen) atoms. The van der Waals surface area contributed by atoms with Crippen molar-refractivity contribution in [3.05, 3.63) is 0 Å². The first-order valence-electron chi connectivity index (χ1n) is 3.78. The zero-order valence-electron chi connectivity index (χ0n) is 7.00. The highest BCUT2D eigenvalue weighted by molar-refractivity contribution is 7.80. The van der Waals surface area contributed by atoms with Gasteiger partial charge in [0.15, 0.2) is 0 Å². The van der Waals surface area contributed by atoms with E-state index < -0.39 is 6.04 Å². The predicted molar refractivity (Wildman–Crippen MR) is 49.7 cm³/mol. The van der Waals surface area contributed by atoms with Crippen LogP contribution in [0.3, 0.4) is 0 Å². The normalized spacial score (nSPS) is 15.6. The highest BCUT2D eigenvalue weighted by Gasteiger charge is 2.12. The van der Waals surface area contributed by atoms with E-state index in [0.29, 0.717) is 5.75 Å². The molecule has 0 saturated heterocycles. The molecule has 0 fully saturated rings. The van der Waals surface area contributed by atoms with Crippen LogP contribution in [0.1, 0.15) is 20.3 Å². The molecule has 3 nitrogen and oxygen atoms in total. The van der Waals surface area contributed by atoms with Crippen LogP contribution in [0, 0.1) is 0 Å². The van der Waals surface area contributed by atoms with Crippen LogP contribution in [0.4, 0.5) is 0 Å². The van der Waals surface area contributed by atoms with Crippen LogP contribution < -0.4 is 11.1 Å². The summed E-state index contributed by atoms with van der Waals surface area (Å²) in [6.45, 7) is 3.96. The summed E-state index contributed by atoms with van der Waals surface area (Å²) in [7, 11) is 0. The smallest absolute Gasteiger partial charge is 0.237 e. The quantitative estimate of drug-likeness (QED) is 0.534. The summed E-state index contributed by atoms with van der Waals surface area (Å²) in [5.74, 6) is 0.275. The molecule has 0 heterocycles. The second kappa shape index (κ2) is 5.43. The van der Waals surface area contributed by atoms with E-state index in [0.717, 1.165) is 6.42 Å². The van der Waals surface area contributed by atoms with Crippen molar-refractivity contribution in [3.63, 3.8) is 0 Å². The lowest BCUT2D eigenvalue weighted by Gasteiger charge is -2.14. The Balaban J connectivity index is 3.68. The van der Waals surface area contributed by atoms with Crippen molar-refractivity contribution >= 4 is 18.5 Å². The van der Waals surface area contributed by atoms with Gasteiger partial charge in [-0.1, -0.05) is 6.92 Å². The maximum Gasteiger partial charge on any atom is 0.237 e. The van der Waals surface area contributed by atoms with Gasteiger partial charge in [0.25, 0.3) is 0 Å². The van der Waals surface area contributed by atoms with Gasteiger partial charge in [0.2, 0.25) is 5.91 Å². The van der Waals surface area contributed by atoms with Crippen molar-refractivity contribution in [2.45, 2.75) is 32.4 Å². The number of hydrogen-bond donors (Lipinski definition) is 3. The average molecular weight is 176 g/mol. The first kappa shape index (κ1) is 10.8. The number of rotatable bonds is 4. The van der Waals surface area contributed by atoms with Crippen molar-refractivity contribution < 1.29 is 4.79 Å². The van der Waals surface area contributed by atoms with Crippen molar-refractivity contribution in [1.29, 1.82) is 0 Å². The van der Waals surface area contributed by atoms with Gasteiger partial charge in [-0.2, -0.15) is 12.6 Å². The number of amides is 1. The van der Waals surface area contributed by atoms with Crippen LogP contribution in [-0.4, -0.2) is 23.7 Å². The minimum absolute atomic E-state index is 0.116. The maximum absolute atomic E-state index is 11.1. The van der Waals surface area contributed by atoms with Gasteiger partial charge in [-0.05, 0) is 13.3 Å². The van der Waals surface area contributed by atoms with Crippen LogP contribution >= 0.6 is 12.6 Å². The molecular formula is C7H16N2OS. The van der Waals surface area contributed by atoms with E-state index >= 15 is 0 Å². The molecule has 0 spiro atoms. The Hall–Kier alpha value is -0.220. The van der Waals surface area contributed by atoms with Gasteiger partial charge in [0.1, 0.15) is 0 Å². The van der Waals surface area contributed by atoms with E-state index in [1.54, 1.807) is 0 Å². The van der Waals surface area contributed by atoms with E-state index in [4.69, 9.17) is 5.73 Å². The van der Waals surface area contributed by atoms with Crippen molar-refractivity contribution in [2.75, 3.05) is 5.75 Å². The molecule has 0 aliphatic rings. The largest absolute Gasteiger partial charge is 0.352 e. The van der Waals surface area contributed by atoms with Crippen LogP contribution in [0.2, 0.25) is 0 Å². The molecule has 0 radical (unpaired) electrons. The maximum atomic E-state index is 11.1. The minimum atomic E-state index is -0.479.